The highest BCUT2D eigenvalue weighted by Crippen LogP contribution is 2.04. The molecule has 0 saturated carbocycles. The molecule has 0 heterocycles. The first-order valence-electron chi connectivity index (χ1n) is 6.09. The van der Waals surface area contributed by atoms with E-state index in [0.717, 1.165) is 18.2 Å². The van der Waals surface area contributed by atoms with E-state index in [0.29, 0.717) is 12.5 Å². The lowest BCUT2D eigenvalue weighted by molar-refractivity contribution is 0.177. The fraction of sp³-hybridized carbons (Fsp3) is 0.917. The molecule has 0 saturated heterocycles. The summed E-state index contributed by atoms with van der Waals surface area (Å²) >= 11 is 5.39. The Bertz CT molecular complexity index is 199. The van der Waals surface area contributed by atoms with Crippen LogP contribution in [0.4, 0.5) is 0 Å². The van der Waals surface area contributed by atoms with E-state index >= 15 is 0 Å². The summed E-state index contributed by atoms with van der Waals surface area (Å²) in [5.74, 6) is 0.678. The molecular weight excluding hydrogens is 220 g/mol. The third kappa shape index (κ3) is 6.28. The second-order valence-electron chi connectivity index (χ2n) is 4.36. The van der Waals surface area contributed by atoms with Crippen LogP contribution in [0.15, 0.2) is 0 Å². The van der Waals surface area contributed by atoms with E-state index in [-0.39, 0.29) is 6.04 Å². The second kappa shape index (κ2) is 8.76. The van der Waals surface area contributed by atoms with E-state index in [9.17, 15) is 0 Å². The van der Waals surface area contributed by atoms with Crippen LogP contribution in [0, 0.1) is 5.92 Å². The minimum absolute atomic E-state index is 0.267. The number of nitrogens with zero attached hydrogens (tertiary/aromatic N) is 1. The van der Waals surface area contributed by atoms with E-state index in [1.54, 1.807) is 7.11 Å². The lowest BCUT2D eigenvalue weighted by atomic mass is 10.1. The molecule has 0 bridgehead atoms. The summed E-state index contributed by atoms with van der Waals surface area (Å²) in [7, 11) is 1.71. The van der Waals surface area contributed by atoms with Crippen molar-refractivity contribution in [1.82, 2.24) is 10.2 Å². The van der Waals surface area contributed by atoms with Crippen molar-refractivity contribution < 1.29 is 4.74 Å². The molecule has 2 atom stereocenters. The van der Waals surface area contributed by atoms with Crippen LogP contribution in [-0.2, 0) is 4.74 Å². The molecule has 0 radical (unpaired) electrons. The maximum atomic E-state index is 5.39. The van der Waals surface area contributed by atoms with Gasteiger partial charge in [0.1, 0.15) is 0 Å². The summed E-state index contributed by atoms with van der Waals surface area (Å²) in [6.45, 7) is 11.3. The van der Waals surface area contributed by atoms with Crippen molar-refractivity contribution in [3.8, 4) is 0 Å². The highest BCUT2D eigenvalue weighted by molar-refractivity contribution is 7.80. The van der Waals surface area contributed by atoms with E-state index in [1.165, 1.54) is 6.42 Å². The van der Waals surface area contributed by atoms with Crippen molar-refractivity contribution in [3.05, 3.63) is 0 Å². The topological polar surface area (TPSA) is 24.5 Å². The van der Waals surface area contributed by atoms with Gasteiger partial charge in [-0.15, -0.1) is 0 Å². The van der Waals surface area contributed by atoms with Gasteiger partial charge < -0.3 is 15.0 Å². The molecule has 0 aliphatic rings. The molecule has 0 aromatic heterocycles. The monoisotopic (exact) mass is 246 g/mol. The highest BCUT2D eigenvalue weighted by Gasteiger charge is 2.12. The number of hydrogen-bond acceptors (Lipinski definition) is 2. The number of thiocarbonyl (C=S) groups is 1. The fourth-order valence-electron chi connectivity index (χ4n) is 1.45. The van der Waals surface area contributed by atoms with Gasteiger partial charge in [0.2, 0.25) is 0 Å². The van der Waals surface area contributed by atoms with Crippen LogP contribution in [-0.4, -0.2) is 42.9 Å². The molecular formula is C12H26N2OS. The molecule has 0 spiro atoms. The summed E-state index contributed by atoms with van der Waals surface area (Å²) in [6, 6.07) is 0.267. The first kappa shape index (κ1) is 15.7. The SMILES string of the molecule is CCC(C)CN(CC)C(=S)NC(C)COC. The van der Waals surface area contributed by atoms with Crippen molar-refractivity contribution in [2.45, 2.75) is 40.2 Å². The Hall–Kier alpha value is -0.350. The van der Waals surface area contributed by atoms with Crippen LogP contribution in [0.1, 0.15) is 34.1 Å². The average Bonchev–Trinajstić information content (AvgIpc) is 2.25. The minimum Gasteiger partial charge on any atom is -0.383 e. The van der Waals surface area contributed by atoms with Crippen LogP contribution in [0.2, 0.25) is 0 Å². The van der Waals surface area contributed by atoms with Crippen molar-refractivity contribution in [1.29, 1.82) is 0 Å². The van der Waals surface area contributed by atoms with E-state index in [1.807, 2.05) is 0 Å². The van der Waals surface area contributed by atoms with Crippen LogP contribution in [0.5, 0.6) is 0 Å². The quantitative estimate of drug-likeness (QED) is 0.697. The molecule has 96 valence electrons. The Morgan fingerprint density at radius 3 is 2.44 bits per heavy atom. The molecule has 0 aromatic carbocycles. The Morgan fingerprint density at radius 1 is 1.38 bits per heavy atom. The molecule has 4 heteroatoms. The molecule has 0 amide bonds. The van der Waals surface area contributed by atoms with Gasteiger partial charge in [-0.25, -0.2) is 0 Å². The fourth-order valence-corrected chi connectivity index (χ4v) is 1.86. The summed E-state index contributed by atoms with van der Waals surface area (Å²) in [5, 5.41) is 4.13. The Labute approximate surface area is 106 Å². The minimum atomic E-state index is 0.267. The van der Waals surface area contributed by atoms with Gasteiger partial charge in [-0.2, -0.15) is 0 Å². The number of ether oxygens (including phenoxy) is 1. The van der Waals surface area contributed by atoms with Crippen LogP contribution >= 0.6 is 12.2 Å². The number of hydrogen-bond donors (Lipinski definition) is 1. The van der Waals surface area contributed by atoms with Gasteiger partial charge in [0.05, 0.1) is 6.61 Å². The second-order valence-corrected chi connectivity index (χ2v) is 4.74. The van der Waals surface area contributed by atoms with Gasteiger partial charge in [-0.1, -0.05) is 20.3 Å². The van der Waals surface area contributed by atoms with Gasteiger partial charge in [-0.05, 0) is 32.0 Å². The average molecular weight is 246 g/mol. The van der Waals surface area contributed by atoms with Gasteiger partial charge in [0.25, 0.3) is 0 Å². The predicted octanol–water partition coefficient (Wildman–Crippen LogP) is 2.26. The molecule has 0 aliphatic carbocycles. The zero-order valence-corrected chi connectivity index (χ0v) is 12.1. The molecule has 16 heavy (non-hydrogen) atoms. The van der Waals surface area contributed by atoms with Crippen molar-refractivity contribution in [3.63, 3.8) is 0 Å². The Kier molecular flexibility index (Phi) is 8.57. The third-order valence-corrected chi connectivity index (χ3v) is 3.06. The number of rotatable bonds is 7. The molecule has 3 nitrogen and oxygen atoms in total. The molecule has 0 aliphatic heterocycles. The Balaban J connectivity index is 4.09. The van der Waals surface area contributed by atoms with E-state index in [2.05, 4.69) is 37.9 Å². The third-order valence-electron chi connectivity index (χ3n) is 2.68. The number of nitrogens with one attached hydrogen (secondary N) is 1. The van der Waals surface area contributed by atoms with Crippen LogP contribution in [0.3, 0.4) is 0 Å². The first-order valence-corrected chi connectivity index (χ1v) is 6.50. The van der Waals surface area contributed by atoms with Crippen LogP contribution in [0.25, 0.3) is 0 Å². The summed E-state index contributed by atoms with van der Waals surface area (Å²) in [5.41, 5.74) is 0. The summed E-state index contributed by atoms with van der Waals surface area (Å²) in [4.78, 5) is 2.22. The van der Waals surface area contributed by atoms with Crippen molar-refractivity contribution in [2.24, 2.45) is 5.92 Å². The predicted molar refractivity (Wildman–Crippen MR) is 73.8 cm³/mol. The standard InChI is InChI=1S/C12H26N2OS/c1-6-10(3)8-14(7-2)12(16)13-11(4)9-15-5/h10-11H,6-9H2,1-5H3,(H,13,16). The first-order chi connectivity index (χ1) is 7.54. The van der Waals surface area contributed by atoms with E-state index in [4.69, 9.17) is 17.0 Å². The van der Waals surface area contributed by atoms with Gasteiger partial charge in [0, 0.05) is 26.2 Å². The van der Waals surface area contributed by atoms with Crippen molar-refractivity contribution in [2.75, 3.05) is 26.8 Å². The molecule has 0 rings (SSSR count). The molecule has 0 fully saturated rings. The van der Waals surface area contributed by atoms with Crippen LogP contribution < -0.4 is 5.32 Å². The maximum Gasteiger partial charge on any atom is 0.169 e. The molecule has 1 N–H and O–H groups in total. The maximum absolute atomic E-state index is 5.39. The highest BCUT2D eigenvalue weighted by atomic mass is 32.1. The van der Waals surface area contributed by atoms with Gasteiger partial charge >= 0.3 is 0 Å². The lowest BCUT2D eigenvalue weighted by Crippen LogP contribution is -2.46. The zero-order chi connectivity index (χ0) is 12.6. The lowest BCUT2D eigenvalue weighted by Gasteiger charge is -2.28. The summed E-state index contributed by atoms with van der Waals surface area (Å²) < 4.78 is 5.08. The Morgan fingerprint density at radius 2 is 2.00 bits per heavy atom. The van der Waals surface area contributed by atoms with Gasteiger partial charge in [0.15, 0.2) is 5.11 Å². The number of methoxy groups -OCH3 is 1. The smallest absolute Gasteiger partial charge is 0.169 e. The molecule has 0 aromatic rings. The van der Waals surface area contributed by atoms with Crippen molar-refractivity contribution >= 4 is 17.3 Å². The normalized spacial score (nSPS) is 14.3. The van der Waals surface area contributed by atoms with Gasteiger partial charge in [-0.3, -0.25) is 0 Å². The zero-order valence-electron chi connectivity index (χ0n) is 11.2. The largest absolute Gasteiger partial charge is 0.383 e. The van der Waals surface area contributed by atoms with E-state index < -0.39 is 0 Å². The molecule has 2 unspecified atom stereocenters. The summed E-state index contributed by atoms with van der Waals surface area (Å²) in [6.07, 6.45) is 1.19.